The third kappa shape index (κ3) is 2.57. The number of hydrogen-bond acceptors (Lipinski definition) is 3. The largest absolute Gasteiger partial charge is 0.325 e. The Kier molecular flexibility index (Phi) is 3.16. The molecule has 0 saturated carbocycles. The molecule has 6 nitrogen and oxygen atoms in total. The van der Waals surface area contributed by atoms with Gasteiger partial charge in [0.2, 0.25) is 5.91 Å². The fraction of sp³-hybridized carbons (Fsp3) is 0.333. The van der Waals surface area contributed by atoms with Crippen molar-refractivity contribution in [1.82, 2.24) is 15.3 Å². The molecule has 2 heterocycles. The van der Waals surface area contributed by atoms with Crippen molar-refractivity contribution in [3.05, 3.63) is 27.1 Å². The van der Waals surface area contributed by atoms with Gasteiger partial charge in [0.1, 0.15) is 0 Å². The van der Waals surface area contributed by atoms with Gasteiger partial charge in [0, 0.05) is 10.9 Å². The summed E-state index contributed by atoms with van der Waals surface area (Å²) >= 11 is 3.39. The molecule has 0 aliphatic carbocycles. The van der Waals surface area contributed by atoms with Crippen molar-refractivity contribution in [1.29, 1.82) is 0 Å². The van der Waals surface area contributed by atoms with Crippen LogP contribution in [-0.4, -0.2) is 29.0 Å². The lowest BCUT2D eigenvalue weighted by molar-refractivity contribution is -0.117. The maximum absolute atomic E-state index is 11.9. The molecule has 7 heteroatoms. The molecule has 1 aromatic heterocycles. The van der Waals surface area contributed by atoms with Gasteiger partial charge >= 0.3 is 5.69 Å². The number of hydrogen-bond donors (Lipinski definition) is 4. The number of fused-ring (bicyclic) bond motifs is 1. The number of imidazole rings is 1. The highest BCUT2D eigenvalue weighted by molar-refractivity contribution is 9.10. The minimum atomic E-state index is -0.258. The SMILES string of the molecule is O=C(CC1CNC1)Nc1cc2[nH]c(=O)[nH]c2cc1Br. The van der Waals surface area contributed by atoms with Crippen LogP contribution in [0, 0.1) is 5.92 Å². The average Bonchev–Trinajstić information content (AvgIpc) is 2.63. The zero-order valence-corrected chi connectivity index (χ0v) is 11.6. The van der Waals surface area contributed by atoms with Crippen molar-refractivity contribution >= 4 is 38.6 Å². The third-order valence-electron chi connectivity index (χ3n) is 3.22. The normalized spacial score (nSPS) is 15.4. The number of aromatic amines is 2. The number of carbonyl (C=O) groups is 1. The molecule has 4 N–H and O–H groups in total. The number of halogens is 1. The lowest BCUT2D eigenvalue weighted by Gasteiger charge is -2.26. The van der Waals surface area contributed by atoms with Crippen LogP contribution >= 0.6 is 15.9 Å². The fourth-order valence-electron chi connectivity index (χ4n) is 2.11. The van der Waals surface area contributed by atoms with Gasteiger partial charge in [-0.05, 0) is 47.1 Å². The predicted octanol–water partition coefficient (Wildman–Crippen LogP) is 1.17. The number of amides is 1. The van der Waals surface area contributed by atoms with E-state index >= 15 is 0 Å². The van der Waals surface area contributed by atoms with E-state index in [1.807, 2.05) is 0 Å². The molecule has 3 rings (SSSR count). The zero-order chi connectivity index (χ0) is 13.4. The van der Waals surface area contributed by atoms with Crippen LogP contribution in [-0.2, 0) is 4.79 Å². The Morgan fingerprint density at radius 1 is 1.32 bits per heavy atom. The summed E-state index contributed by atoms with van der Waals surface area (Å²) in [6, 6.07) is 3.52. The molecule has 1 fully saturated rings. The number of anilines is 1. The molecule has 1 aromatic carbocycles. The lowest BCUT2D eigenvalue weighted by atomic mass is 9.99. The fourth-order valence-corrected chi connectivity index (χ4v) is 2.55. The van der Waals surface area contributed by atoms with Crippen LogP contribution in [0.2, 0.25) is 0 Å². The summed E-state index contributed by atoms with van der Waals surface area (Å²) in [5.41, 5.74) is 1.79. The van der Waals surface area contributed by atoms with E-state index in [2.05, 4.69) is 36.5 Å². The van der Waals surface area contributed by atoms with Gasteiger partial charge in [0.25, 0.3) is 0 Å². The summed E-state index contributed by atoms with van der Waals surface area (Å²) in [6.45, 7) is 1.80. The van der Waals surface area contributed by atoms with Crippen molar-refractivity contribution in [3.63, 3.8) is 0 Å². The van der Waals surface area contributed by atoms with E-state index in [4.69, 9.17) is 0 Å². The summed E-state index contributed by atoms with van der Waals surface area (Å²) in [7, 11) is 0. The number of carbonyl (C=O) groups excluding carboxylic acids is 1. The average molecular weight is 325 g/mol. The maximum Gasteiger partial charge on any atom is 0.323 e. The third-order valence-corrected chi connectivity index (χ3v) is 3.87. The topological polar surface area (TPSA) is 89.8 Å². The lowest BCUT2D eigenvalue weighted by Crippen LogP contribution is -2.43. The Bertz CT molecular complexity index is 687. The van der Waals surface area contributed by atoms with Crippen LogP contribution in [0.3, 0.4) is 0 Å². The summed E-state index contributed by atoms with van der Waals surface area (Å²) in [6.07, 6.45) is 0.515. The highest BCUT2D eigenvalue weighted by Crippen LogP contribution is 2.26. The molecule has 0 bridgehead atoms. The Balaban J connectivity index is 1.80. The smallest absolute Gasteiger partial charge is 0.323 e. The van der Waals surface area contributed by atoms with Crippen LogP contribution in [0.25, 0.3) is 11.0 Å². The van der Waals surface area contributed by atoms with Crippen molar-refractivity contribution in [2.24, 2.45) is 5.92 Å². The molecule has 1 saturated heterocycles. The van der Waals surface area contributed by atoms with Gasteiger partial charge in [-0.2, -0.15) is 0 Å². The first-order valence-corrected chi connectivity index (χ1v) is 6.83. The number of rotatable bonds is 3. The van der Waals surface area contributed by atoms with Crippen LogP contribution in [0.5, 0.6) is 0 Å². The Hall–Kier alpha value is -1.60. The molecule has 0 atom stereocenters. The van der Waals surface area contributed by atoms with Crippen LogP contribution in [0.15, 0.2) is 21.4 Å². The summed E-state index contributed by atoms with van der Waals surface area (Å²) < 4.78 is 0.746. The highest BCUT2D eigenvalue weighted by Gasteiger charge is 2.20. The summed E-state index contributed by atoms with van der Waals surface area (Å²) in [5, 5.41) is 6.00. The van der Waals surface area contributed by atoms with Crippen LogP contribution < -0.4 is 16.3 Å². The Morgan fingerprint density at radius 2 is 2.00 bits per heavy atom. The molecule has 0 radical (unpaired) electrons. The van der Waals surface area contributed by atoms with E-state index in [1.165, 1.54) is 0 Å². The van der Waals surface area contributed by atoms with Crippen molar-refractivity contribution in [3.8, 4) is 0 Å². The highest BCUT2D eigenvalue weighted by atomic mass is 79.9. The maximum atomic E-state index is 11.9. The van der Waals surface area contributed by atoms with Gasteiger partial charge in [-0.25, -0.2) is 4.79 Å². The van der Waals surface area contributed by atoms with Gasteiger partial charge in [-0.3, -0.25) is 4.79 Å². The van der Waals surface area contributed by atoms with Gasteiger partial charge in [-0.1, -0.05) is 0 Å². The molecular weight excluding hydrogens is 312 g/mol. The molecule has 19 heavy (non-hydrogen) atoms. The number of benzene rings is 1. The molecular formula is C12H13BrN4O2. The van der Waals surface area contributed by atoms with E-state index in [0.717, 1.165) is 17.6 Å². The van der Waals surface area contributed by atoms with Crippen LogP contribution in [0.4, 0.5) is 5.69 Å². The second-order valence-electron chi connectivity index (χ2n) is 4.73. The molecule has 0 spiro atoms. The summed E-state index contributed by atoms with van der Waals surface area (Å²) in [4.78, 5) is 28.4. The number of nitrogens with one attached hydrogen (secondary N) is 4. The van der Waals surface area contributed by atoms with E-state index in [1.54, 1.807) is 12.1 Å². The van der Waals surface area contributed by atoms with E-state index in [-0.39, 0.29) is 11.6 Å². The number of aromatic nitrogens is 2. The van der Waals surface area contributed by atoms with Gasteiger partial charge < -0.3 is 20.6 Å². The Labute approximate surface area is 117 Å². The molecule has 1 amide bonds. The van der Waals surface area contributed by atoms with Gasteiger partial charge in [-0.15, -0.1) is 0 Å². The monoisotopic (exact) mass is 324 g/mol. The first-order chi connectivity index (χ1) is 9.11. The second-order valence-corrected chi connectivity index (χ2v) is 5.59. The first-order valence-electron chi connectivity index (χ1n) is 6.04. The van der Waals surface area contributed by atoms with Crippen LogP contribution in [0.1, 0.15) is 6.42 Å². The van der Waals surface area contributed by atoms with E-state index in [0.29, 0.717) is 29.1 Å². The molecule has 1 aliphatic heterocycles. The molecule has 0 unspecified atom stereocenters. The minimum absolute atomic E-state index is 0.00978. The van der Waals surface area contributed by atoms with Gasteiger partial charge in [0.15, 0.2) is 0 Å². The number of H-pyrrole nitrogens is 2. The Morgan fingerprint density at radius 3 is 2.63 bits per heavy atom. The minimum Gasteiger partial charge on any atom is -0.325 e. The second kappa shape index (κ2) is 4.82. The van der Waals surface area contributed by atoms with Crippen molar-refractivity contribution in [2.75, 3.05) is 18.4 Å². The van der Waals surface area contributed by atoms with Crippen molar-refractivity contribution < 1.29 is 4.79 Å². The van der Waals surface area contributed by atoms with E-state index < -0.39 is 0 Å². The predicted molar refractivity (Wildman–Crippen MR) is 76.2 cm³/mol. The standard InChI is InChI=1S/C12H13BrN4O2/c13-7-2-9-10(17-12(19)16-9)3-8(7)15-11(18)1-6-4-14-5-6/h2-3,6,14H,1,4-5H2,(H,15,18)(H2,16,17,19). The quantitative estimate of drug-likeness (QED) is 0.683. The molecule has 100 valence electrons. The van der Waals surface area contributed by atoms with Gasteiger partial charge in [0.05, 0.1) is 16.7 Å². The van der Waals surface area contributed by atoms with Crippen molar-refractivity contribution in [2.45, 2.75) is 6.42 Å². The molecule has 2 aromatic rings. The van der Waals surface area contributed by atoms with E-state index in [9.17, 15) is 9.59 Å². The summed E-state index contributed by atoms with van der Waals surface area (Å²) in [5.74, 6) is 0.416. The first kappa shape index (κ1) is 12.4. The molecule has 1 aliphatic rings. The zero-order valence-electron chi connectivity index (χ0n) is 10.0.